The highest BCUT2D eigenvalue weighted by atomic mass is 19.1. The van der Waals surface area contributed by atoms with Gasteiger partial charge in [-0.25, -0.2) is 9.37 Å². The number of nitrogens with zero attached hydrogens (tertiary/aromatic N) is 3. The predicted molar refractivity (Wildman–Crippen MR) is 88.2 cm³/mol. The maximum Gasteiger partial charge on any atom is 0.311 e. The first kappa shape index (κ1) is 16.7. The Kier molecular flexibility index (Phi) is 5.46. The molecule has 0 fully saturated rings. The lowest BCUT2D eigenvalue weighted by atomic mass is 10.1. The molecule has 7 heteroatoms. The van der Waals surface area contributed by atoms with Crippen LogP contribution in [0.15, 0.2) is 36.5 Å². The minimum atomic E-state index is -0.501. The Balaban J connectivity index is 2.13. The number of hydrogen-bond acceptors (Lipinski definition) is 5. The molecule has 0 saturated carbocycles. The Morgan fingerprint density at radius 1 is 1.30 bits per heavy atom. The van der Waals surface area contributed by atoms with E-state index < -0.39 is 4.92 Å². The second kappa shape index (κ2) is 7.53. The number of aromatic nitrogens is 1. The van der Waals surface area contributed by atoms with Crippen molar-refractivity contribution in [3.05, 3.63) is 58.0 Å². The summed E-state index contributed by atoms with van der Waals surface area (Å²) >= 11 is 0. The summed E-state index contributed by atoms with van der Waals surface area (Å²) in [6, 6.07) is 7.85. The number of halogens is 1. The van der Waals surface area contributed by atoms with Crippen LogP contribution in [0.5, 0.6) is 0 Å². The van der Waals surface area contributed by atoms with Crippen molar-refractivity contribution in [2.24, 2.45) is 0 Å². The molecule has 0 unspecified atom stereocenters. The highest BCUT2D eigenvalue weighted by molar-refractivity contribution is 5.56. The van der Waals surface area contributed by atoms with Crippen LogP contribution in [-0.4, -0.2) is 23.0 Å². The van der Waals surface area contributed by atoms with Gasteiger partial charge in [0.1, 0.15) is 5.82 Å². The van der Waals surface area contributed by atoms with Crippen molar-refractivity contribution < 1.29 is 9.31 Å². The summed E-state index contributed by atoms with van der Waals surface area (Å²) < 4.78 is 14.2. The zero-order chi connectivity index (χ0) is 16.8. The molecule has 1 aromatic heterocycles. The van der Waals surface area contributed by atoms with Gasteiger partial charge in [-0.3, -0.25) is 10.1 Å². The monoisotopic (exact) mass is 318 g/mol. The Bertz CT molecular complexity index is 690. The quantitative estimate of drug-likeness (QED) is 0.624. The molecule has 0 saturated heterocycles. The highest BCUT2D eigenvalue weighted by Crippen LogP contribution is 2.23. The molecule has 2 aromatic rings. The van der Waals surface area contributed by atoms with Crippen LogP contribution in [0, 0.1) is 15.9 Å². The third kappa shape index (κ3) is 3.94. The number of anilines is 2. The van der Waals surface area contributed by atoms with Gasteiger partial charge in [0, 0.05) is 31.9 Å². The SMILES string of the molecule is CCN(CC)c1ccc(CNc2ncccc2[N+](=O)[O-])cc1F. The molecular formula is C16H19FN4O2. The van der Waals surface area contributed by atoms with Crippen LogP contribution in [0.3, 0.4) is 0 Å². The summed E-state index contributed by atoms with van der Waals surface area (Å²) in [5.74, 6) is -0.130. The average molecular weight is 318 g/mol. The molecule has 0 atom stereocenters. The highest BCUT2D eigenvalue weighted by Gasteiger charge is 2.14. The van der Waals surface area contributed by atoms with Gasteiger partial charge in [0.2, 0.25) is 5.82 Å². The van der Waals surface area contributed by atoms with E-state index in [9.17, 15) is 14.5 Å². The summed E-state index contributed by atoms with van der Waals surface area (Å²) in [7, 11) is 0. The van der Waals surface area contributed by atoms with Crippen molar-refractivity contribution in [3.8, 4) is 0 Å². The minimum Gasteiger partial charge on any atom is -0.370 e. The number of pyridine rings is 1. The van der Waals surface area contributed by atoms with Gasteiger partial charge in [-0.15, -0.1) is 0 Å². The molecule has 122 valence electrons. The predicted octanol–water partition coefficient (Wildman–Crippen LogP) is 3.59. The third-order valence-corrected chi connectivity index (χ3v) is 3.56. The molecule has 0 radical (unpaired) electrons. The largest absolute Gasteiger partial charge is 0.370 e. The van der Waals surface area contributed by atoms with Gasteiger partial charge in [0.05, 0.1) is 10.6 Å². The third-order valence-electron chi connectivity index (χ3n) is 3.56. The summed E-state index contributed by atoms with van der Waals surface area (Å²) in [5.41, 5.74) is 1.15. The minimum absolute atomic E-state index is 0.104. The molecular weight excluding hydrogens is 299 g/mol. The maximum absolute atomic E-state index is 14.2. The van der Waals surface area contributed by atoms with Gasteiger partial charge in [0.15, 0.2) is 0 Å². The zero-order valence-corrected chi connectivity index (χ0v) is 13.1. The Morgan fingerprint density at radius 2 is 2.04 bits per heavy atom. The maximum atomic E-state index is 14.2. The van der Waals surface area contributed by atoms with Crippen LogP contribution in [-0.2, 0) is 6.54 Å². The van der Waals surface area contributed by atoms with Gasteiger partial charge in [-0.2, -0.15) is 0 Å². The van der Waals surface area contributed by atoms with Crippen molar-refractivity contribution in [1.29, 1.82) is 0 Å². The molecule has 0 aliphatic rings. The molecule has 0 bridgehead atoms. The molecule has 1 heterocycles. The molecule has 1 aromatic carbocycles. The Hall–Kier alpha value is -2.70. The van der Waals surface area contributed by atoms with E-state index in [4.69, 9.17) is 0 Å². The average Bonchev–Trinajstić information content (AvgIpc) is 2.56. The number of hydrogen-bond donors (Lipinski definition) is 1. The molecule has 2 rings (SSSR count). The van der Waals surface area contributed by atoms with Gasteiger partial charge >= 0.3 is 5.69 Å². The zero-order valence-electron chi connectivity index (χ0n) is 13.1. The van der Waals surface area contributed by atoms with Crippen molar-refractivity contribution >= 4 is 17.2 Å². The number of nitro groups is 1. The van der Waals surface area contributed by atoms with Crippen LogP contribution in [0.25, 0.3) is 0 Å². The lowest BCUT2D eigenvalue weighted by Crippen LogP contribution is -2.23. The summed E-state index contributed by atoms with van der Waals surface area (Å²) in [5, 5.41) is 13.8. The fourth-order valence-corrected chi connectivity index (χ4v) is 2.35. The fraction of sp³-hybridized carbons (Fsp3) is 0.312. The van der Waals surface area contributed by atoms with Crippen LogP contribution >= 0.6 is 0 Å². The first-order valence-corrected chi connectivity index (χ1v) is 7.43. The van der Waals surface area contributed by atoms with E-state index in [-0.39, 0.29) is 23.9 Å². The van der Waals surface area contributed by atoms with E-state index in [1.54, 1.807) is 12.1 Å². The smallest absolute Gasteiger partial charge is 0.311 e. The van der Waals surface area contributed by atoms with E-state index >= 15 is 0 Å². The van der Waals surface area contributed by atoms with Crippen LogP contribution in [0.2, 0.25) is 0 Å². The topological polar surface area (TPSA) is 71.3 Å². The van der Waals surface area contributed by atoms with Crippen molar-refractivity contribution in [1.82, 2.24) is 4.98 Å². The number of nitrogens with one attached hydrogen (secondary N) is 1. The molecule has 0 aliphatic carbocycles. The molecule has 0 spiro atoms. The standard InChI is InChI=1S/C16H19FN4O2/c1-3-20(4-2)14-8-7-12(10-13(14)17)11-19-16-15(21(22)23)6-5-9-18-16/h5-10H,3-4,11H2,1-2H3,(H,18,19). The molecule has 0 aliphatic heterocycles. The molecule has 1 N–H and O–H groups in total. The Labute approximate surface area is 134 Å². The van der Waals surface area contributed by atoms with E-state index in [1.807, 2.05) is 18.7 Å². The first-order chi connectivity index (χ1) is 11.1. The first-order valence-electron chi connectivity index (χ1n) is 7.43. The van der Waals surface area contributed by atoms with Gasteiger partial charge in [-0.1, -0.05) is 6.07 Å². The fourth-order valence-electron chi connectivity index (χ4n) is 2.35. The summed E-state index contributed by atoms with van der Waals surface area (Å²) in [6.45, 7) is 5.65. The van der Waals surface area contributed by atoms with E-state index in [0.29, 0.717) is 11.3 Å². The number of rotatable bonds is 7. The normalized spacial score (nSPS) is 10.4. The van der Waals surface area contributed by atoms with E-state index in [1.165, 1.54) is 24.4 Å². The van der Waals surface area contributed by atoms with E-state index in [2.05, 4.69) is 10.3 Å². The van der Waals surface area contributed by atoms with Crippen molar-refractivity contribution in [3.63, 3.8) is 0 Å². The van der Waals surface area contributed by atoms with Crippen LogP contribution in [0.4, 0.5) is 21.6 Å². The summed E-state index contributed by atoms with van der Waals surface area (Å²) in [4.78, 5) is 16.3. The Morgan fingerprint density at radius 3 is 2.65 bits per heavy atom. The van der Waals surface area contributed by atoms with Crippen LogP contribution < -0.4 is 10.2 Å². The molecule has 6 nitrogen and oxygen atoms in total. The lowest BCUT2D eigenvalue weighted by molar-refractivity contribution is -0.384. The molecule has 23 heavy (non-hydrogen) atoms. The van der Waals surface area contributed by atoms with Crippen LogP contribution in [0.1, 0.15) is 19.4 Å². The summed E-state index contributed by atoms with van der Waals surface area (Å²) in [6.07, 6.45) is 1.47. The van der Waals surface area contributed by atoms with Gasteiger partial charge in [-0.05, 0) is 37.6 Å². The van der Waals surface area contributed by atoms with E-state index in [0.717, 1.165) is 13.1 Å². The van der Waals surface area contributed by atoms with Gasteiger partial charge < -0.3 is 10.2 Å². The van der Waals surface area contributed by atoms with Crippen molar-refractivity contribution in [2.75, 3.05) is 23.3 Å². The second-order valence-corrected chi connectivity index (χ2v) is 4.94. The van der Waals surface area contributed by atoms with Crippen molar-refractivity contribution in [2.45, 2.75) is 20.4 Å². The molecule has 0 amide bonds. The van der Waals surface area contributed by atoms with Gasteiger partial charge in [0.25, 0.3) is 0 Å². The lowest BCUT2D eigenvalue weighted by Gasteiger charge is -2.22. The second-order valence-electron chi connectivity index (χ2n) is 4.94. The number of benzene rings is 1.